The lowest BCUT2D eigenvalue weighted by Crippen LogP contribution is -2.25. The van der Waals surface area contributed by atoms with Crippen molar-refractivity contribution in [2.24, 2.45) is 0 Å². The number of rotatable bonds is 4. The molecule has 0 fully saturated rings. The summed E-state index contributed by atoms with van der Waals surface area (Å²) in [6, 6.07) is 8.54. The van der Waals surface area contributed by atoms with E-state index in [2.05, 4.69) is 15.3 Å². The molecule has 0 atom stereocenters. The van der Waals surface area contributed by atoms with Gasteiger partial charge in [0.05, 0.1) is 11.6 Å². The summed E-state index contributed by atoms with van der Waals surface area (Å²) in [5, 5.41) is 11.4. The summed E-state index contributed by atoms with van der Waals surface area (Å²) in [6.45, 7) is 0.520. The third-order valence-electron chi connectivity index (χ3n) is 2.48. The smallest absolute Gasteiger partial charge is 0.251 e. The Balaban J connectivity index is 1.86. The summed E-state index contributed by atoms with van der Waals surface area (Å²) < 4.78 is 0. The number of H-pyrrole nitrogens is 1. The Hall–Kier alpha value is -2.61. The number of nitriles is 1. The van der Waals surface area contributed by atoms with E-state index in [0.29, 0.717) is 24.1 Å². The average molecular weight is 240 g/mol. The number of carbonyl (C=O) groups is 1. The van der Waals surface area contributed by atoms with Crippen molar-refractivity contribution < 1.29 is 4.79 Å². The molecule has 5 nitrogen and oxygen atoms in total. The number of carbonyl (C=O) groups excluding carboxylic acids is 1. The molecule has 0 aliphatic carbocycles. The van der Waals surface area contributed by atoms with Crippen LogP contribution in [-0.4, -0.2) is 22.4 Å². The van der Waals surface area contributed by atoms with Crippen molar-refractivity contribution in [3.63, 3.8) is 0 Å². The monoisotopic (exact) mass is 240 g/mol. The van der Waals surface area contributed by atoms with Gasteiger partial charge in [-0.25, -0.2) is 4.98 Å². The molecule has 1 aromatic heterocycles. The molecule has 18 heavy (non-hydrogen) atoms. The van der Waals surface area contributed by atoms with Gasteiger partial charge in [0, 0.05) is 30.9 Å². The second kappa shape index (κ2) is 5.64. The van der Waals surface area contributed by atoms with E-state index in [9.17, 15) is 4.79 Å². The SMILES string of the molecule is N#Cc1ccc(C(=O)NCCc2ncc[nH]2)cc1. The Bertz CT molecular complexity index is 552. The van der Waals surface area contributed by atoms with Gasteiger partial charge >= 0.3 is 0 Å². The van der Waals surface area contributed by atoms with Gasteiger partial charge in [0.2, 0.25) is 0 Å². The standard InChI is InChI=1S/C13H12N4O/c14-9-10-1-3-11(4-2-10)13(18)17-6-5-12-15-7-8-16-12/h1-4,7-8H,5-6H2,(H,15,16)(H,17,18). The second-order valence-corrected chi connectivity index (χ2v) is 3.73. The Labute approximate surface area is 104 Å². The predicted octanol–water partition coefficient (Wildman–Crippen LogP) is 1.25. The van der Waals surface area contributed by atoms with Crippen LogP contribution in [0.15, 0.2) is 36.7 Å². The van der Waals surface area contributed by atoms with E-state index in [1.807, 2.05) is 6.07 Å². The van der Waals surface area contributed by atoms with Crippen molar-refractivity contribution in [1.29, 1.82) is 5.26 Å². The van der Waals surface area contributed by atoms with Crippen LogP contribution in [0.5, 0.6) is 0 Å². The van der Waals surface area contributed by atoms with E-state index in [1.165, 1.54) is 0 Å². The van der Waals surface area contributed by atoms with Gasteiger partial charge in [-0.1, -0.05) is 0 Å². The third kappa shape index (κ3) is 2.95. The fraction of sp³-hybridized carbons (Fsp3) is 0.154. The lowest BCUT2D eigenvalue weighted by Gasteiger charge is -2.03. The molecule has 0 saturated heterocycles. The second-order valence-electron chi connectivity index (χ2n) is 3.73. The van der Waals surface area contributed by atoms with Gasteiger partial charge in [-0.3, -0.25) is 4.79 Å². The van der Waals surface area contributed by atoms with Crippen LogP contribution < -0.4 is 5.32 Å². The number of benzene rings is 1. The molecule has 1 heterocycles. The van der Waals surface area contributed by atoms with E-state index in [1.54, 1.807) is 36.7 Å². The van der Waals surface area contributed by atoms with Crippen molar-refractivity contribution in [2.45, 2.75) is 6.42 Å². The van der Waals surface area contributed by atoms with E-state index in [0.717, 1.165) is 5.82 Å². The summed E-state index contributed by atoms with van der Waals surface area (Å²) >= 11 is 0. The van der Waals surface area contributed by atoms with Crippen molar-refractivity contribution >= 4 is 5.91 Å². The number of hydrogen-bond acceptors (Lipinski definition) is 3. The molecular weight excluding hydrogens is 228 g/mol. The molecule has 0 radical (unpaired) electrons. The molecule has 2 rings (SSSR count). The minimum Gasteiger partial charge on any atom is -0.352 e. The molecular formula is C13H12N4O. The molecule has 0 aliphatic heterocycles. The van der Waals surface area contributed by atoms with Crippen molar-refractivity contribution in [3.8, 4) is 6.07 Å². The zero-order valence-electron chi connectivity index (χ0n) is 9.68. The largest absolute Gasteiger partial charge is 0.352 e. The Morgan fingerprint density at radius 3 is 2.78 bits per heavy atom. The maximum atomic E-state index is 11.7. The van der Waals surface area contributed by atoms with Crippen LogP contribution in [0.25, 0.3) is 0 Å². The topological polar surface area (TPSA) is 81.6 Å². The van der Waals surface area contributed by atoms with Crippen LogP contribution in [0.3, 0.4) is 0 Å². The molecule has 1 aromatic carbocycles. The van der Waals surface area contributed by atoms with Gasteiger partial charge in [0.15, 0.2) is 0 Å². The highest BCUT2D eigenvalue weighted by atomic mass is 16.1. The van der Waals surface area contributed by atoms with Crippen LogP contribution in [0.1, 0.15) is 21.7 Å². The summed E-state index contributed by atoms with van der Waals surface area (Å²) in [5.41, 5.74) is 1.09. The molecule has 0 spiro atoms. The maximum Gasteiger partial charge on any atom is 0.251 e. The zero-order chi connectivity index (χ0) is 12.8. The molecule has 1 amide bonds. The Morgan fingerprint density at radius 2 is 2.17 bits per heavy atom. The van der Waals surface area contributed by atoms with Gasteiger partial charge in [-0.05, 0) is 24.3 Å². The van der Waals surface area contributed by atoms with Gasteiger partial charge in [-0.2, -0.15) is 5.26 Å². The number of amides is 1. The van der Waals surface area contributed by atoms with E-state index < -0.39 is 0 Å². The van der Waals surface area contributed by atoms with Gasteiger partial charge < -0.3 is 10.3 Å². The minimum absolute atomic E-state index is 0.147. The lowest BCUT2D eigenvalue weighted by atomic mass is 10.1. The van der Waals surface area contributed by atoms with Crippen molar-refractivity contribution in [3.05, 3.63) is 53.6 Å². The number of imidazole rings is 1. The zero-order valence-corrected chi connectivity index (χ0v) is 9.68. The van der Waals surface area contributed by atoms with E-state index in [-0.39, 0.29) is 5.91 Å². The fourth-order valence-corrected chi connectivity index (χ4v) is 1.53. The lowest BCUT2D eigenvalue weighted by molar-refractivity contribution is 0.0954. The van der Waals surface area contributed by atoms with E-state index >= 15 is 0 Å². The minimum atomic E-state index is -0.147. The van der Waals surface area contributed by atoms with Crippen LogP contribution in [-0.2, 0) is 6.42 Å². The quantitative estimate of drug-likeness (QED) is 0.843. The molecule has 0 saturated carbocycles. The molecule has 0 unspecified atom stereocenters. The Morgan fingerprint density at radius 1 is 1.39 bits per heavy atom. The van der Waals surface area contributed by atoms with E-state index in [4.69, 9.17) is 5.26 Å². The highest BCUT2D eigenvalue weighted by molar-refractivity contribution is 5.94. The summed E-state index contributed by atoms with van der Waals surface area (Å²) in [7, 11) is 0. The Kier molecular flexibility index (Phi) is 3.72. The van der Waals surface area contributed by atoms with Crippen molar-refractivity contribution in [1.82, 2.24) is 15.3 Å². The van der Waals surface area contributed by atoms with Crippen LogP contribution in [0, 0.1) is 11.3 Å². The fourth-order valence-electron chi connectivity index (χ4n) is 1.53. The molecule has 0 aliphatic rings. The molecule has 2 aromatic rings. The number of nitrogens with one attached hydrogen (secondary N) is 2. The highest BCUT2D eigenvalue weighted by Crippen LogP contribution is 2.03. The van der Waals surface area contributed by atoms with Gasteiger partial charge in [0.1, 0.15) is 5.82 Å². The normalized spacial score (nSPS) is 9.72. The number of nitrogens with zero attached hydrogens (tertiary/aromatic N) is 2. The summed E-state index contributed by atoms with van der Waals surface area (Å²) in [6.07, 6.45) is 4.09. The van der Waals surface area contributed by atoms with Crippen LogP contribution in [0.4, 0.5) is 0 Å². The van der Waals surface area contributed by atoms with Gasteiger partial charge in [0.25, 0.3) is 5.91 Å². The first-order chi connectivity index (χ1) is 8.79. The first-order valence-corrected chi connectivity index (χ1v) is 5.56. The molecule has 2 N–H and O–H groups in total. The van der Waals surface area contributed by atoms with Crippen LogP contribution in [0.2, 0.25) is 0 Å². The summed E-state index contributed by atoms with van der Waals surface area (Å²) in [5.74, 6) is 0.696. The molecule has 5 heteroatoms. The van der Waals surface area contributed by atoms with Gasteiger partial charge in [-0.15, -0.1) is 0 Å². The number of aromatic amines is 1. The number of aromatic nitrogens is 2. The average Bonchev–Trinajstić information content (AvgIpc) is 2.92. The third-order valence-corrected chi connectivity index (χ3v) is 2.48. The molecule has 0 bridgehead atoms. The first kappa shape index (κ1) is 11.9. The first-order valence-electron chi connectivity index (χ1n) is 5.56. The predicted molar refractivity (Wildman–Crippen MR) is 65.8 cm³/mol. The highest BCUT2D eigenvalue weighted by Gasteiger charge is 2.04. The molecule has 90 valence electrons. The summed E-state index contributed by atoms with van der Waals surface area (Å²) in [4.78, 5) is 18.8. The maximum absolute atomic E-state index is 11.7. The number of hydrogen-bond donors (Lipinski definition) is 2. The van der Waals surface area contributed by atoms with Crippen molar-refractivity contribution in [2.75, 3.05) is 6.54 Å². The van der Waals surface area contributed by atoms with Crippen LogP contribution >= 0.6 is 0 Å².